The van der Waals surface area contributed by atoms with Crippen molar-refractivity contribution in [1.29, 1.82) is 0 Å². The Bertz CT molecular complexity index is 570. The van der Waals surface area contributed by atoms with Gasteiger partial charge < -0.3 is 5.11 Å². The second-order valence-corrected chi connectivity index (χ2v) is 7.05. The van der Waals surface area contributed by atoms with Crippen LogP contribution in [0.5, 0.6) is 0 Å². The molecule has 0 saturated heterocycles. The molecule has 5 atom stereocenters. The number of benzene rings is 1. The number of fused-ring (bicyclic) bond motifs is 5. The van der Waals surface area contributed by atoms with Gasteiger partial charge in [-0.15, -0.1) is 0 Å². The number of rotatable bonds is 1. The molecule has 0 aliphatic heterocycles. The van der Waals surface area contributed by atoms with E-state index in [1.54, 1.807) is 19.1 Å². The third-order valence-electron chi connectivity index (χ3n) is 6.23. The molecule has 0 aromatic heterocycles. The summed E-state index contributed by atoms with van der Waals surface area (Å²) in [7, 11) is 0. The molecular formula is C17H20F2O. The molecule has 5 unspecified atom stereocenters. The van der Waals surface area contributed by atoms with Crippen LogP contribution >= 0.6 is 0 Å². The van der Waals surface area contributed by atoms with Gasteiger partial charge in [0.15, 0.2) is 11.6 Å². The quantitative estimate of drug-likeness (QED) is 0.825. The van der Waals surface area contributed by atoms with Crippen LogP contribution in [0.1, 0.15) is 43.2 Å². The van der Waals surface area contributed by atoms with E-state index in [2.05, 4.69) is 0 Å². The number of aliphatic hydroxyl groups is 1. The summed E-state index contributed by atoms with van der Waals surface area (Å²) in [5, 5.41) is 11.1. The molecule has 1 aromatic carbocycles. The van der Waals surface area contributed by atoms with Crippen LogP contribution in [0, 0.1) is 42.2 Å². The summed E-state index contributed by atoms with van der Waals surface area (Å²) in [6.07, 6.45) is 5.22. The van der Waals surface area contributed by atoms with E-state index in [0.29, 0.717) is 23.8 Å². The van der Waals surface area contributed by atoms with Gasteiger partial charge in [0.25, 0.3) is 0 Å². The lowest BCUT2D eigenvalue weighted by molar-refractivity contribution is -0.0541. The van der Waals surface area contributed by atoms with Gasteiger partial charge in [-0.05, 0) is 61.8 Å². The first-order chi connectivity index (χ1) is 9.52. The molecule has 0 radical (unpaired) electrons. The minimum Gasteiger partial charge on any atom is -0.385 e. The van der Waals surface area contributed by atoms with Gasteiger partial charge in [-0.3, -0.25) is 0 Å². The van der Waals surface area contributed by atoms with Crippen LogP contribution in [-0.2, 0) is 5.60 Å². The maximum atomic E-state index is 14.3. The first-order valence-corrected chi connectivity index (χ1v) is 7.70. The van der Waals surface area contributed by atoms with Gasteiger partial charge in [-0.1, -0.05) is 18.6 Å². The van der Waals surface area contributed by atoms with Crippen molar-refractivity contribution in [2.75, 3.05) is 0 Å². The fourth-order valence-electron chi connectivity index (χ4n) is 5.40. The van der Waals surface area contributed by atoms with E-state index in [9.17, 15) is 13.9 Å². The minimum absolute atomic E-state index is 0.122. The summed E-state index contributed by atoms with van der Waals surface area (Å²) < 4.78 is 28.1. The van der Waals surface area contributed by atoms with Crippen molar-refractivity contribution in [3.63, 3.8) is 0 Å². The summed E-state index contributed by atoms with van der Waals surface area (Å²) in [5.74, 6) is 0.218. The van der Waals surface area contributed by atoms with Crippen molar-refractivity contribution in [2.24, 2.45) is 23.7 Å². The third-order valence-corrected chi connectivity index (χ3v) is 6.23. The van der Waals surface area contributed by atoms with Crippen molar-refractivity contribution in [2.45, 2.75) is 44.6 Å². The lowest BCUT2D eigenvalue weighted by Gasteiger charge is -2.39. The molecule has 0 heterocycles. The second kappa shape index (κ2) is 4.03. The highest BCUT2D eigenvalue weighted by molar-refractivity contribution is 5.33. The fraction of sp³-hybridized carbons (Fsp3) is 0.647. The molecular weight excluding hydrogens is 258 g/mol. The van der Waals surface area contributed by atoms with Gasteiger partial charge in [-0.25, -0.2) is 8.78 Å². The maximum absolute atomic E-state index is 14.3. The summed E-state index contributed by atoms with van der Waals surface area (Å²) in [4.78, 5) is 0. The monoisotopic (exact) mass is 278 g/mol. The molecule has 0 amide bonds. The zero-order chi connectivity index (χ0) is 14.1. The van der Waals surface area contributed by atoms with Crippen LogP contribution in [-0.4, -0.2) is 5.11 Å². The standard InChI is InChI=1S/C17H20F2O/c1-9-5-6-13(16(19)15(9)18)17(20)8-10-7-14(17)12-4-2-3-11(10)12/h5-6,10-12,14,20H,2-4,7-8H2,1H3. The molecule has 3 aliphatic carbocycles. The molecule has 1 nitrogen and oxygen atoms in total. The van der Waals surface area contributed by atoms with E-state index in [1.807, 2.05) is 0 Å². The maximum Gasteiger partial charge on any atom is 0.165 e. The van der Waals surface area contributed by atoms with E-state index in [1.165, 1.54) is 12.8 Å². The van der Waals surface area contributed by atoms with E-state index < -0.39 is 17.2 Å². The van der Waals surface area contributed by atoms with Gasteiger partial charge in [0.2, 0.25) is 0 Å². The molecule has 1 aromatic rings. The minimum atomic E-state index is -1.14. The van der Waals surface area contributed by atoms with E-state index in [-0.39, 0.29) is 11.5 Å². The normalized spacial score (nSPS) is 42.2. The highest BCUT2D eigenvalue weighted by atomic mass is 19.2. The SMILES string of the molecule is Cc1ccc(C2(O)CC3CC2C2CCCC32)c(F)c1F. The first-order valence-electron chi connectivity index (χ1n) is 7.70. The molecule has 4 rings (SSSR count). The summed E-state index contributed by atoms with van der Waals surface area (Å²) in [6.45, 7) is 1.56. The fourth-order valence-corrected chi connectivity index (χ4v) is 5.40. The van der Waals surface area contributed by atoms with Crippen LogP contribution in [0.2, 0.25) is 0 Å². The first kappa shape index (κ1) is 12.8. The molecule has 0 spiro atoms. The molecule has 3 aliphatic rings. The zero-order valence-corrected chi connectivity index (χ0v) is 11.7. The molecule has 1 N–H and O–H groups in total. The van der Waals surface area contributed by atoms with Crippen LogP contribution in [0.3, 0.4) is 0 Å². The van der Waals surface area contributed by atoms with Crippen LogP contribution in [0.25, 0.3) is 0 Å². The Morgan fingerprint density at radius 1 is 1.15 bits per heavy atom. The Morgan fingerprint density at radius 3 is 2.70 bits per heavy atom. The molecule has 3 heteroatoms. The van der Waals surface area contributed by atoms with Crippen LogP contribution in [0.15, 0.2) is 12.1 Å². The van der Waals surface area contributed by atoms with Gasteiger partial charge in [-0.2, -0.15) is 0 Å². The topological polar surface area (TPSA) is 20.2 Å². The Kier molecular flexibility index (Phi) is 2.57. The Morgan fingerprint density at radius 2 is 1.90 bits per heavy atom. The summed E-state index contributed by atoms with van der Waals surface area (Å²) >= 11 is 0. The van der Waals surface area contributed by atoms with Crippen molar-refractivity contribution in [1.82, 2.24) is 0 Å². The lowest BCUT2D eigenvalue weighted by atomic mass is 9.70. The van der Waals surface area contributed by atoms with Crippen LogP contribution < -0.4 is 0 Å². The smallest absolute Gasteiger partial charge is 0.165 e. The van der Waals surface area contributed by atoms with E-state index >= 15 is 0 Å². The Balaban J connectivity index is 1.78. The number of halogens is 2. The van der Waals surface area contributed by atoms with Crippen LogP contribution in [0.4, 0.5) is 8.78 Å². The molecule has 108 valence electrons. The molecule has 20 heavy (non-hydrogen) atoms. The van der Waals surface area contributed by atoms with Crippen molar-refractivity contribution in [3.05, 3.63) is 34.9 Å². The highest BCUT2D eigenvalue weighted by Crippen LogP contribution is 2.65. The van der Waals surface area contributed by atoms with Crippen molar-refractivity contribution < 1.29 is 13.9 Å². The predicted molar refractivity (Wildman–Crippen MR) is 72.0 cm³/mol. The van der Waals surface area contributed by atoms with Gasteiger partial charge in [0.1, 0.15) is 0 Å². The predicted octanol–water partition coefficient (Wildman–Crippen LogP) is 3.92. The van der Waals surface area contributed by atoms with Crippen molar-refractivity contribution in [3.8, 4) is 0 Å². The zero-order valence-electron chi connectivity index (χ0n) is 11.7. The van der Waals surface area contributed by atoms with Gasteiger partial charge in [0, 0.05) is 5.56 Å². The number of hydrogen-bond acceptors (Lipinski definition) is 1. The average molecular weight is 278 g/mol. The lowest BCUT2D eigenvalue weighted by Crippen LogP contribution is -2.39. The highest BCUT2D eigenvalue weighted by Gasteiger charge is 2.61. The van der Waals surface area contributed by atoms with Crippen molar-refractivity contribution >= 4 is 0 Å². The number of hydrogen-bond donors (Lipinski definition) is 1. The summed E-state index contributed by atoms with van der Waals surface area (Å²) in [5.41, 5.74) is -0.648. The summed E-state index contributed by atoms with van der Waals surface area (Å²) in [6, 6.07) is 3.18. The van der Waals surface area contributed by atoms with Gasteiger partial charge in [0.05, 0.1) is 5.60 Å². The Hall–Kier alpha value is -0.960. The molecule has 2 bridgehead atoms. The number of aryl methyl sites for hydroxylation is 1. The largest absolute Gasteiger partial charge is 0.385 e. The molecule has 3 fully saturated rings. The average Bonchev–Trinajstić information content (AvgIpc) is 3.06. The second-order valence-electron chi connectivity index (χ2n) is 7.05. The van der Waals surface area contributed by atoms with E-state index in [0.717, 1.165) is 18.8 Å². The molecule has 3 saturated carbocycles. The van der Waals surface area contributed by atoms with Gasteiger partial charge >= 0.3 is 0 Å². The van der Waals surface area contributed by atoms with E-state index in [4.69, 9.17) is 0 Å². The third kappa shape index (κ3) is 1.45. The Labute approximate surface area is 118 Å².